The molecule has 1 aliphatic rings. The van der Waals surface area contributed by atoms with Gasteiger partial charge in [0.05, 0.1) is 11.3 Å². The van der Waals surface area contributed by atoms with Crippen molar-refractivity contribution in [3.05, 3.63) is 69.3 Å². The molecule has 0 aromatic heterocycles. The Morgan fingerprint density at radius 3 is 2.67 bits per heavy atom. The molecule has 0 saturated heterocycles. The van der Waals surface area contributed by atoms with Gasteiger partial charge in [-0.25, -0.2) is 0 Å². The molecular formula is C15H10N2O4. The molecule has 0 fully saturated rings. The Labute approximate surface area is 119 Å². The number of nitrogens with zero attached hydrogens (tertiary/aromatic N) is 1. The summed E-state index contributed by atoms with van der Waals surface area (Å²) in [7, 11) is 0. The van der Waals surface area contributed by atoms with E-state index in [1.54, 1.807) is 18.2 Å². The predicted molar refractivity (Wildman–Crippen MR) is 75.3 cm³/mol. The number of nitrogens with one attached hydrogen (secondary N) is 1. The van der Waals surface area contributed by atoms with E-state index >= 15 is 0 Å². The molecule has 0 radical (unpaired) electrons. The van der Waals surface area contributed by atoms with Crippen molar-refractivity contribution in [1.82, 2.24) is 0 Å². The van der Waals surface area contributed by atoms with Crippen LogP contribution in [-0.4, -0.2) is 16.6 Å². The number of nitro benzene ring substituents is 1. The van der Waals surface area contributed by atoms with Crippen LogP contribution in [0.3, 0.4) is 0 Å². The molecule has 1 heterocycles. The van der Waals surface area contributed by atoms with Crippen LogP contribution < -0.4 is 5.32 Å². The third-order valence-corrected chi connectivity index (χ3v) is 3.31. The molecule has 0 saturated carbocycles. The van der Waals surface area contributed by atoms with Gasteiger partial charge in [-0.15, -0.1) is 0 Å². The number of carbonyl (C=O) groups is 2. The number of hydrogen-bond donors (Lipinski definition) is 1. The zero-order valence-corrected chi connectivity index (χ0v) is 10.8. The van der Waals surface area contributed by atoms with Crippen LogP contribution in [0.15, 0.2) is 42.5 Å². The van der Waals surface area contributed by atoms with Crippen molar-refractivity contribution in [2.24, 2.45) is 0 Å². The Kier molecular flexibility index (Phi) is 2.98. The minimum atomic E-state index is -0.540. The van der Waals surface area contributed by atoms with Gasteiger partial charge in [-0.2, -0.15) is 0 Å². The number of ketones is 1. The zero-order valence-electron chi connectivity index (χ0n) is 10.8. The summed E-state index contributed by atoms with van der Waals surface area (Å²) < 4.78 is 0. The van der Waals surface area contributed by atoms with E-state index in [0.717, 1.165) is 5.56 Å². The van der Waals surface area contributed by atoms with E-state index in [2.05, 4.69) is 5.32 Å². The third-order valence-electron chi connectivity index (χ3n) is 3.31. The number of nitro groups is 1. The van der Waals surface area contributed by atoms with Gasteiger partial charge >= 0.3 is 0 Å². The van der Waals surface area contributed by atoms with E-state index in [-0.39, 0.29) is 29.4 Å². The molecular weight excluding hydrogens is 272 g/mol. The van der Waals surface area contributed by atoms with Crippen LogP contribution in [0, 0.1) is 10.1 Å². The lowest BCUT2D eigenvalue weighted by molar-refractivity contribution is -0.384. The van der Waals surface area contributed by atoms with E-state index in [0.29, 0.717) is 11.3 Å². The maximum Gasteiger partial charge on any atom is 0.270 e. The lowest BCUT2D eigenvalue weighted by Crippen LogP contribution is -2.03. The lowest BCUT2D eigenvalue weighted by Gasteiger charge is -2.04. The number of rotatable bonds is 3. The van der Waals surface area contributed by atoms with Gasteiger partial charge in [0.15, 0.2) is 5.78 Å². The highest BCUT2D eigenvalue weighted by Crippen LogP contribution is 2.25. The van der Waals surface area contributed by atoms with Crippen LogP contribution in [0.1, 0.15) is 21.5 Å². The van der Waals surface area contributed by atoms with Crippen LogP contribution in [0.2, 0.25) is 0 Å². The molecule has 104 valence electrons. The second kappa shape index (κ2) is 4.82. The highest BCUT2D eigenvalue weighted by atomic mass is 16.6. The quantitative estimate of drug-likeness (QED) is 0.531. The van der Waals surface area contributed by atoms with Crippen molar-refractivity contribution in [3.63, 3.8) is 0 Å². The van der Waals surface area contributed by atoms with Gasteiger partial charge in [0.2, 0.25) is 5.91 Å². The van der Waals surface area contributed by atoms with Gasteiger partial charge in [-0.05, 0) is 23.8 Å². The summed E-state index contributed by atoms with van der Waals surface area (Å²) in [6.45, 7) is 0. The summed E-state index contributed by atoms with van der Waals surface area (Å²) in [5, 5.41) is 13.4. The summed E-state index contributed by atoms with van der Waals surface area (Å²) >= 11 is 0. The Morgan fingerprint density at radius 2 is 1.90 bits per heavy atom. The van der Waals surface area contributed by atoms with Crippen molar-refractivity contribution in [1.29, 1.82) is 0 Å². The molecule has 2 aromatic rings. The highest BCUT2D eigenvalue weighted by molar-refractivity contribution is 6.10. The molecule has 3 rings (SSSR count). The summed E-state index contributed by atoms with van der Waals surface area (Å²) in [4.78, 5) is 33.9. The fourth-order valence-electron chi connectivity index (χ4n) is 2.30. The second-order valence-corrected chi connectivity index (χ2v) is 4.73. The van der Waals surface area contributed by atoms with Crippen molar-refractivity contribution < 1.29 is 14.5 Å². The molecule has 1 aliphatic heterocycles. The smallest absolute Gasteiger partial charge is 0.270 e. The zero-order chi connectivity index (χ0) is 15.0. The van der Waals surface area contributed by atoms with Crippen LogP contribution >= 0.6 is 0 Å². The van der Waals surface area contributed by atoms with Crippen molar-refractivity contribution >= 4 is 23.1 Å². The van der Waals surface area contributed by atoms with Gasteiger partial charge in [0.1, 0.15) is 0 Å². The van der Waals surface area contributed by atoms with Gasteiger partial charge < -0.3 is 5.32 Å². The topological polar surface area (TPSA) is 89.3 Å². The number of amides is 1. The van der Waals surface area contributed by atoms with Crippen LogP contribution in [0.25, 0.3) is 0 Å². The SMILES string of the molecule is O=C1Cc2cc(C(=O)c3cccc([N+](=O)[O-])c3)ccc2N1. The average molecular weight is 282 g/mol. The van der Waals surface area contributed by atoms with Crippen molar-refractivity contribution in [2.75, 3.05) is 5.32 Å². The van der Waals surface area contributed by atoms with E-state index in [1.807, 2.05) is 0 Å². The van der Waals surface area contributed by atoms with Gasteiger partial charge in [0.25, 0.3) is 5.69 Å². The number of carbonyl (C=O) groups excluding carboxylic acids is 2. The summed E-state index contributed by atoms with van der Waals surface area (Å²) in [5.74, 6) is -0.411. The average Bonchev–Trinajstić information content (AvgIpc) is 2.85. The molecule has 1 amide bonds. The Hall–Kier alpha value is -3.02. The number of anilines is 1. The number of benzene rings is 2. The van der Waals surface area contributed by atoms with E-state index in [1.165, 1.54) is 24.3 Å². The normalized spacial score (nSPS) is 12.7. The fraction of sp³-hybridized carbons (Fsp3) is 0.0667. The van der Waals surface area contributed by atoms with E-state index < -0.39 is 4.92 Å². The van der Waals surface area contributed by atoms with Crippen LogP contribution in [-0.2, 0) is 11.2 Å². The molecule has 0 atom stereocenters. The maximum absolute atomic E-state index is 12.4. The molecule has 21 heavy (non-hydrogen) atoms. The second-order valence-electron chi connectivity index (χ2n) is 4.73. The maximum atomic E-state index is 12.4. The first-order valence-corrected chi connectivity index (χ1v) is 6.26. The van der Waals surface area contributed by atoms with E-state index in [9.17, 15) is 19.7 Å². The molecule has 2 aromatic carbocycles. The lowest BCUT2D eigenvalue weighted by atomic mass is 10.00. The first-order chi connectivity index (χ1) is 10.0. The van der Waals surface area contributed by atoms with Crippen molar-refractivity contribution in [2.45, 2.75) is 6.42 Å². The molecule has 0 bridgehead atoms. The van der Waals surface area contributed by atoms with Crippen molar-refractivity contribution in [3.8, 4) is 0 Å². The highest BCUT2D eigenvalue weighted by Gasteiger charge is 2.20. The molecule has 0 aliphatic carbocycles. The van der Waals surface area contributed by atoms with Crippen LogP contribution in [0.5, 0.6) is 0 Å². The Bertz CT molecular complexity index is 783. The van der Waals surface area contributed by atoms with Gasteiger partial charge in [0, 0.05) is 28.9 Å². The third kappa shape index (κ3) is 2.38. The number of hydrogen-bond acceptors (Lipinski definition) is 4. The fourth-order valence-corrected chi connectivity index (χ4v) is 2.30. The largest absolute Gasteiger partial charge is 0.326 e. The number of non-ortho nitro benzene ring substituents is 1. The predicted octanol–water partition coefficient (Wildman–Crippen LogP) is 2.32. The van der Waals surface area contributed by atoms with Crippen LogP contribution in [0.4, 0.5) is 11.4 Å². The Balaban J connectivity index is 1.96. The molecule has 0 unspecified atom stereocenters. The standard InChI is InChI=1S/C15H10N2O4/c18-14-8-11-6-10(4-5-13(11)16-14)15(19)9-2-1-3-12(7-9)17(20)21/h1-7H,8H2,(H,16,18). The van der Waals surface area contributed by atoms with E-state index in [4.69, 9.17) is 0 Å². The first kappa shape index (κ1) is 13.0. The summed E-state index contributed by atoms with van der Waals surface area (Å²) in [6, 6.07) is 10.5. The molecule has 6 nitrogen and oxygen atoms in total. The molecule has 6 heteroatoms. The molecule has 0 spiro atoms. The minimum absolute atomic E-state index is 0.107. The van der Waals surface area contributed by atoms with Gasteiger partial charge in [-0.1, -0.05) is 12.1 Å². The summed E-state index contributed by atoms with van der Waals surface area (Å²) in [6.07, 6.45) is 0.241. The van der Waals surface area contributed by atoms with Gasteiger partial charge in [-0.3, -0.25) is 19.7 Å². The summed E-state index contributed by atoms with van der Waals surface area (Å²) in [5.41, 5.74) is 2.00. The Morgan fingerprint density at radius 1 is 1.14 bits per heavy atom. The monoisotopic (exact) mass is 282 g/mol. The minimum Gasteiger partial charge on any atom is -0.326 e. The number of fused-ring (bicyclic) bond motifs is 1. The molecule has 1 N–H and O–H groups in total. The first-order valence-electron chi connectivity index (χ1n) is 6.26.